The molecule has 1 aromatic heterocycles. The summed E-state index contributed by atoms with van der Waals surface area (Å²) in [6.07, 6.45) is 0.987. The Balaban J connectivity index is 0.00000112. The SMILES string of the molecule is CNCCc1ccc2ccccc2n1.Cl.Cl. The van der Waals surface area contributed by atoms with Crippen molar-refractivity contribution >= 4 is 35.7 Å². The molecule has 1 N–H and O–H groups in total. The maximum absolute atomic E-state index is 4.57. The lowest BCUT2D eigenvalue weighted by atomic mass is 10.2. The van der Waals surface area contributed by atoms with Gasteiger partial charge in [0.25, 0.3) is 0 Å². The number of nitrogens with one attached hydrogen (secondary N) is 1. The molecule has 0 radical (unpaired) electrons. The minimum atomic E-state index is 0. The summed E-state index contributed by atoms with van der Waals surface area (Å²) >= 11 is 0. The molecule has 16 heavy (non-hydrogen) atoms. The first-order valence-corrected chi connectivity index (χ1v) is 4.89. The number of fused-ring (bicyclic) bond motifs is 1. The fourth-order valence-electron chi connectivity index (χ4n) is 1.50. The molecule has 88 valence electrons. The molecule has 0 amide bonds. The van der Waals surface area contributed by atoms with E-state index in [0.29, 0.717) is 0 Å². The molecule has 1 aromatic carbocycles. The monoisotopic (exact) mass is 258 g/mol. The molecule has 0 aliphatic rings. The Morgan fingerprint density at radius 1 is 1.06 bits per heavy atom. The molecular weight excluding hydrogens is 243 g/mol. The van der Waals surface area contributed by atoms with Crippen LogP contribution in [0.4, 0.5) is 0 Å². The number of hydrogen-bond donors (Lipinski definition) is 1. The van der Waals surface area contributed by atoms with Crippen molar-refractivity contribution in [2.45, 2.75) is 6.42 Å². The highest BCUT2D eigenvalue weighted by Gasteiger charge is 1.96. The third-order valence-corrected chi connectivity index (χ3v) is 2.29. The highest BCUT2D eigenvalue weighted by atomic mass is 35.5. The Morgan fingerprint density at radius 3 is 2.56 bits per heavy atom. The van der Waals surface area contributed by atoms with Crippen molar-refractivity contribution in [3.63, 3.8) is 0 Å². The van der Waals surface area contributed by atoms with Crippen LogP contribution in [-0.4, -0.2) is 18.6 Å². The van der Waals surface area contributed by atoms with E-state index in [0.717, 1.165) is 24.2 Å². The molecule has 0 saturated carbocycles. The van der Waals surface area contributed by atoms with Gasteiger partial charge in [-0.25, -0.2) is 0 Å². The second-order valence-corrected chi connectivity index (χ2v) is 3.35. The molecule has 0 atom stereocenters. The highest BCUT2D eigenvalue weighted by molar-refractivity contribution is 5.85. The largest absolute Gasteiger partial charge is 0.319 e. The quantitative estimate of drug-likeness (QED) is 0.916. The minimum Gasteiger partial charge on any atom is -0.319 e. The Kier molecular flexibility index (Phi) is 7.06. The number of likely N-dealkylation sites (N-methyl/N-ethyl adjacent to an activating group) is 1. The average Bonchev–Trinajstić information content (AvgIpc) is 2.26. The summed E-state index contributed by atoms with van der Waals surface area (Å²) < 4.78 is 0. The van der Waals surface area contributed by atoms with Crippen molar-refractivity contribution in [1.82, 2.24) is 10.3 Å². The van der Waals surface area contributed by atoms with Gasteiger partial charge in [-0.15, -0.1) is 24.8 Å². The molecule has 0 spiro atoms. The van der Waals surface area contributed by atoms with E-state index in [1.807, 2.05) is 19.2 Å². The van der Waals surface area contributed by atoms with Gasteiger partial charge in [0, 0.05) is 24.0 Å². The van der Waals surface area contributed by atoms with Gasteiger partial charge in [-0.3, -0.25) is 4.98 Å². The van der Waals surface area contributed by atoms with Gasteiger partial charge >= 0.3 is 0 Å². The molecule has 0 saturated heterocycles. The second-order valence-electron chi connectivity index (χ2n) is 3.35. The van der Waals surface area contributed by atoms with Gasteiger partial charge in [0.2, 0.25) is 0 Å². The number of pyridine rings is 1. The first kappa shape index (κ1) is 15.2. The van der Waals surface area contributed by atoms with E-state index in [2.05, 4.69) is 34.6 Å². The number of benzene rings is 1. The van der Waals surface area contributed by atoms with Crippen molar-refractivity contribution in [3.05, 3.63) is 42.1 Å². The summed E-state index contributed by atoms with van der Waals surface area (Å²) in [4.78, 5) is 4.57. The van der Waals surface area contributed by atoms with E-state index >= 15 is 0 Å². The third kappa shape index (κ3) is 3.63. The van der Waals surface area contributed by atoms with Crippen LogP contribution < -0.4 is 5.32 Å². The number of aromatic nitrogens is 1. The van der Waals surface area contributed by atoms with Crippen LogP contribution >= 0.6 is 24.8 Å². The fourth-order valence-corrected chi connectivity index (χ4v) is 1.50. The Morgan fingerprint density at radius 2 is 1.81 bits per heavy atom. The highest BCUT2D eigenvalue weighted by Crippen LogP contribution is 2.11. The fraction of sp³-hybridized carbons (Fsp3) is 0.250. The van der Waals surface area contributed by atoms with Crippen molar-refractivity contribution in [2.75, 3.05) is 13.6 Å². The van der Waals surface area contributed by atoms with Crippen LogP contribution in [0.1, 0.15) is 5.69 Å². The van der Waals surface area contributed by atoms with Crippen LogP contribution in [0, 0.1) is 0 Å². The van der Waals surface area contributed by atoms with E-state index in [1.54, 1.807) is 0 Å². The van der Waals surface area contributed by atoms with Crippen LogP contribution in [0.25, 0.3) is 10.9 Å². The zero-order valence-electron chi connectivity index (χ0n) is 9.14. The molecular formula is C12H16Cl2N2. The minimum absolute atomic E-state index is 0. The van der Waals surface area contributed by atoms with Gasteiger partial charge in [0.05, 0.1) is 5.52 Å². The topological polar surface area (TPSA) is 24.9 Å². The Bertz CT molecular complexity index is 432. The third-order valence-electron chi connectivity index (χ3n) is 2.29. The van der Waals surface area contributed by atoms with Gasteiger partial charge in [-0.1, -0.05) is 24.3 Å². The van der Waals surface area contributed by atoms with E-state index in [9.17, 15) is 0 Å². The predicted octanol–water partition coefficient (Wildman–Crippen LogP) is 2.84. The number of para-hydroxylation sites is 1. The summed E-state index contributed by atoms with van der Waals surface area (Å²) in [6, 6.07) is 12.4. The van der Waals surface area contributed by atoms with E-state index < -0.39 is 0 Å². The first-order chi connectivity index (χ1) is 6.90. The summed E-state index contributed by atoms with van der Waals surface area (Å²) in [5.41, 5.74) is 2.24. The van der Waals surface area contributed by atoms with Crippen molar-refractivity contribution in [2.24, 2.45) is 0 Å². The Labute approximate surface area is 108 Å². The first-order valence-electron chi connectivity index (χ1n) is 4.89. The summed E-state index contributed by atoms with van der Waals surface area (Å²) in [5, 5.41) is 4.33. The average molecular weight is 259 g/mol. The molecule has 2 rings (SSSR count). The zero-order valence-corrected chi connectivity index (χ0v) is 10.8. The standard InChI is InChI=1S/C12H14N2.2ClH/c1-13-9-8-11-7-6-10-4-2-3-5-12(10)14-11;;/h2-7,13H,8-9H2,1H3;2*1H. The molecule has 1 heterocycles. The van der Waals surface area contributed by atoms with Crippen molar-refractivity contribution in [3.8, 4) is 0 Å². The number of nitrogens with zero attached hydrogens (tertiary/aromatic N) is 1. The smallest absolute Gasteiger partial charge is 0.0705 e. The summed E-state index contributed by atoms with van der Waals surface area (Å²) in [5.74, 6) is 0. The lowest BCUT2D eigenvalue weighted by Gasteiger charge is -2.01. The van der Waals surface area contributed by atoms with Gasteiger partial charge in [-0.2, -0.15) is 0 Å². The van der Waals surface area contributed by atoms with Crippen LogP contribution in [0.15, 0.2) is 36.4 Å². The van der Waals surface area contributed by atoms with Crippen molar-refractivity contribution in [1.29, 1.82) is 0 Å². The maximum atomic E-state index is 4.57. The zero-order chi connectivity index (χ0) is 9.80. The molecule has 0 unspecified atom stereocenters. The predicted molar refractivity (Wildman–Crippen MR) is 73.9 cm³/mol. The molecule has 0 aliphatic heterocycles. The van der Waals surface area contributed by atoms with Crippen LogP contribution in [0.3, 0.4) is 0 Å². The van der Waals surface area contributed by atoms with Crippen molar-refractivity contribution < 1.29 is 0 Å². The number of halogens is 2. The normalized spacial score (nSPS) is 9.31. The lowest BCUT2D eigenvalue weighted by molar-refractivity contribution is 0.779. The Hall–Kier alpha value is -0.830. The number of rotatable bonds is 3. The molecule has 0 fully saturated rings. The summed E-state index contributed by atoms with van der Waals surface area (Å²) in [7, 11) is 1.96. The number of hydrogen-bond acceptors (Lipinski definition) is 2. The van der Waals surface area contributed by atoms with Gasteiger partial charge in [-0.05, 0) is 19.2 Å². The van der Waals surface area contributed by atoms with E-state index in [-0.39, 0.29) is 24.8 Å². The maximum Gasteiger partial charge on any atom is 0.0705 e. The molecule has 2 aromatic rings. The molecule has 0 bridgehead atoms. The van der Waals surface area contributed by atoms with Crippen LogP contribution in [-0.2, 0) is 6.42 Å². The van der Waals surface area contributed by atoms with Crippen LogP contribution in [0.5, 0.6) is 0 Å². The van der Waals surface area contributed by atoms with E-state index in [4.69, 9.17) is 0 Å². The van der Waals surface area contributed by atoms with Gasteiger partial charge < -0.3 is 5.32 Å². The van der Waals surface area contributed by atoms with Gasteiger partial charge in [0.1, 0.15) is 0 Å². The molecule has 0 aliphatic carbocycles. The molecule has 4 heteroatoms. The lowest BCUT2D eigenvalue weighted by Crippen LogP contribution is -2.11. The van der Waals surface area contributed by atoms with E-state index in [1.165, 1.54) is 5.39 Å². The van der Waals surface area contributed by atoms with Crippen LogP contribution in [0.2, 0.25) is 0 Å². The second kappa shape index (κ2) is 7.44. The van der Waals surface area contributed by atoms with Gasteiger partial charge in [0.15, 0.2) is 0 Å². The molecule has 2 nitrogen and oxygen atoms in total. The summed E-state index contributed by atoms with van der Waals surface area (Å²) in [6.45, 7) is 0.978.